The fourth-order valence-corrected chi connectivity index (χ4v) is 2.91. The van der Waals surface area contributed by atoms with Crippen LogP contribution in [0.1, 0.15) is 40.3 Å². The van der Waals surface area contributed by atoms with Crippen LogP contribution in [0.15, 0.2) is 30.3 Å². The normalized spacial score (nSPS) is 13.6. The largest absolute Gasteiger partial charge is 0.462 e. The molecule has 0 aliphatic carbocycles. The quantitative estimate of drug-likeness (QED) is 0.620. The Labute approximate surface area is 146 Å². The van der Waals surface area contributed by atoms with Crippen molar-refractivity contribution >= 4 is 17.6 Å². The number of nitrogens with zero attached hydrogens (tertiary/aromatic N) is 1. The minimum Gasteiger partial charge on any atom is -0.462 e. The number of halogens is 1. The van der Waals surface area contributed by atoms with Crippen molar-refractivity contribution in [1.29, 1.82) is 0 Å². The highest BCUT2D eigenvalue weighted by molar-refractivity contribution is 6.18. The van der Waals surface area contributed by atoms with E-state index in [1.165, 1.54) is 0 Å². The number of aryl methyl sites for hydroxylation is 1. The van der Waals surface area contributed by atoms with Gasteiger partial charge in [0.15, 0.2) is 0 Å². The van der Waals surface area contributed by atoms with Crippen LogP contribution in [0.25, 0.3) is 5.69 Å². The van der Waals surface area contributed by atoms with Crippen molar-refractivity contribution in [3.63, 3.8) is 0 Å². The number of hydrogen-bond acceptors (Lipinski definition) is 4. The summed E-state index contributed by atoms with van der Waals surface area (Å²) in [4.78, 5) is 11.7. The second-order valence-corrected chi connectivity index (χ2v) is 5.90. The first-order valence-corrected chi connectivity index (χ1v) is 8.32. The molecule has 1 aromatic heterocycles. The Bertz CT molecular complexity index is 709. The third-order valence-corrected chi connectivity index (χ3v) is 4.26. The van der Waals surface area contributed by atoms with Gasteiger partial charge in [0.05, 0.1) is 24.2 Å². The first-order valence-electron chi connectivity index (χ1n) is 7.79. The zero-order valence-electron chi connectivity index (χ0n) is 14.0. The van der Waals surface area contributed by atoms with Gasteiger partial charge in [0.2, 0.25) is 0 Å². The van der Waals surface area contributed by atoms with E-state index in [9.17, 15) is 15.0 Å². The highest BCUT2D eigenvalue weighted by Gasteiger charge is 2.23. The summed E-state index contributed by atoms with van der Waals surface area (Å²) in [6.45, 7) is 5.88. The fourth-order valence-electron chi connectivity index (χ4n) is 2.74. The lowest BCUT2D eigenvalue weighted by atomic mass is 10.1. The Morgan fingerprint density at radius 1 is 1.25 bits per heavy atom. The van der Waals surface area contributed by atoms with Crippen molar-refractivity contribution in [2.75, 3.05) is 12.5 Å². The molecule has 6 heteroatoms. The predicted octanol–water partition coefficient (Wildman–Crippen LogP) is 2.90. The van der Waals surface area contributed by atoms with Crippen LogP contribution in [0.4, 0.5) is 0 Å². The fraction of sp³-hybridized carbons (Fsp3) is 0.389. The molecule has 1 aromatic carbocycles. The van der Waals surface area contributed by atoms with Gasteiger partial charge < -0.3 is 19.5 Å². The Morgan fingerprint density at radius 2 is 1.88 bits per heavy atom. The van der Waals surface area contributed by atoms with E-state index in [0.717, 1.165) is 17.1 Å². The molecule has 5 nitrogen and oxygen atoms in total. The van der Waals surface area contributed by atoms with Gasteiger partial charge in [-0.3, -0.25) is 0 Å². The van der Waals surface area contributed by atoms with E-state index in [2.05, 4.69) is 0 Å². The summed E-state index contributed by atoms with van der Waals surface area (Å²) < 4.78 is 6.93. The molecule has 0 spiro atoms. The van der Waals surface area contributed by atoms with Crippen molar-refractivity contribution in [2.45, 2.75) is 33.0 Å². The molecule has 1 heterocycles. The molecule has 0 saturated heterocycles. The van der Waals surface area contributed by atoms with Crippen LogP contribution in [0.2, 0.25) is 0 Å². The maximum atomic E-state index is 11.7. The van der Waals surface area contributed by atoms with Gasteiger partial charge in [-0.2, -0.15) is 0 Å². The molecule has 130 valence electrons. The molecular formula is C18H22ClNO4. The van der Waals surface area contributed by atoms with Crippen molar-refractivity contribution in [3.8, 4) is 5.69 Å². The molecule has 2 rings (SSSR count). The number of ether oxygens (including phenoxy) is 1. The monoisotopic (exact) mass is 351 g/mol. The summed E-state index contributed by atoms with van der Waals surface area (Å²) in [6.07, 6.45) is -2.06. The first-order chi connectivity index (χ1) is 11.4. The van der Waals surface area contributed by atoms with Gasteiger partial charge in [-0.05, 0) is 51.1 Å². The van der Waals surface area contributed by atoms with Crippen molar-refractivity contribution in [3.05, 3.63) is 52.8 Å². The van der Waals surface area contributed by atoms with Gasteiger partial charge in [0.1, 0.15) is 6.10 Å². The molecule has 2 atom stereocenters. The topological polar surface area (TPSA) is 71.7 Å². The van der Waals surface area contributed by atoms with Crippen LogP contribution in [0.3, 0.4) is 0 Å². The number of aliphatic hydroxyl groups excluding tert-OH is 2. The number of esters is 1. The molecule has 0 bridgehead atoms. The summed E-state index contributed by atoms with van der Waals surface area (Å²) in [7, 11) is 0. The average molecular weight is 352 g/mol. The lowest BCUT2D eigenvalue weighted by molar-refractivity contribution is 0.0323. The molecule has 2 unspecified atom stereocenters. The van der Waals surface area contributed by atoms with Crippen LogP contribution in [-0.4, -0.2) is 39.3 Å². The van der Waals surface area contributed by atoms with E-state index in [1.54, 1.807) is 19.1 Å². The molecule has 24 heavy (non-hydrogen) atoms. The second-order valence-electron chi connectivity index (χ2n) is 5.60. The highest BCUT2D eigenvalue weighted by Crippen LogP contribution is 2.28. The standard InChI is InChI=1S/C18H22ClNO4/c1-4-24-18(23)13-5-7-14(8-6-13)20-11(2)9-15(12(20)3)17(22)16(21)10-19/h5-9,16-17,21-22H,4,10H2,1-3H3. The summed E-state index contributed by atoms with van der Waals surface area (Å²) in [5.74, 6) is -0.398. The molecule has 2 aromatic rings. The van der Waals surface area contributed by atoms with Crippen molar-refractivity contribution in [1.82, 2.24) is 4.57 Å². The lowest BCUT2D eigenvalue weighted by Gasteiger charge is -2.16. The van der Waals surface area contributed by atoms with Crippen molar-refractivity contribution < 1.29 is 19.7 Å². The van der Waals surface area contributed by atoms with Crippen LogP contribution < -0.4 is 0 Å². The van der Waals surface area contributed by atoms with Gasteiger partial charge in [-0.1, -0.05) is 0 Å². The van der Waals surface area contributed by atoms with Crippen LogP contribution in [0, 0.1) is 13.8 Å². The zero-order valence-corrected chi connectivity index (χ0v) is 14.7. The number of aliphatic hydroxyl groups is 2. The van der Waals surface area contributed by atoms with Gasteiger partial charge in [0.25, 0.3) is 0 Å². The Kier molecular flexibility index (Phi) is 6.04. The number of alkyl halides is 1. The SMILES string of the molecule is CCOC(=O)c1ccc(-n2c(C)cc(C(O)C(O)CCl)c2C)cc1. The summed E-state index contributed by atoms with van der Waals surface area (Å²) in [5.41, 5.74) is 3.70. The van der Waals surface area contributed by atoms with Crippen LogP contribution in [-0.2, 0) is 4.74 Å². The minimum atomic E-state index is -1.04. The number of hydrogen-bond donors (Lipinski definition) is 2. The third-order valence-electron chi connectivity index (χ3n) is 3.95. The van der Waals surface area contributed by atoms with Gasteiger partial charge in [-0.15, -0.1) is 11.6 Å². The number of rotatable bonds is 6. The van der Waals surface area contributed by atoms with E-state index in [4.69, 9.17) is 16.3 Å². The zero-order chi connectivity index (χ0) is 17.9. The molecule has 0 fully saturated rings. The van der Waals surface area contributed by atoms with E-state index in [0.29, 0.717) is 17.7 Å². The molecule has 0 aliphatic heterocycles. The Hall–Kier alpha value is -1.82. The Balaban J connectivity index is 2.36. The molecule has 0 aliphatic rings. The molecule has 0 amide bonds. The molecule has 0 saturated carbocycles. The number of aromatic nitrogens is 1. The number of carbonyl (C=O) groups is 1. The van der Waals surface area contributed by atoms with Crippen LogP contribution >= 0.6 is 11.6 Å². The summed E-state index contributed by atoms with van der Waals surface area (Å²) in [6, 6.07) is 8.88. The highest BCUT2D eigenvalue weighted by atomic mass is 35.5. The second kappa shape index (κ2) is 7.83. The van der Waals surface area contributed by atoms with E-state index < -0.39 is 12.2 Å². The lowest BCUT2D eigenvalue weighted by Crippen LogP contribution is -2.20. The van der Waals surface area contributed by atoms with E-state index >= 15 is 0 Å². The number of carbonyl (C=O) groups excluding carboxylic acids is 1. The predicted molar refractivity (Wildman–Crippen MR) is 92.9 cm³/mol. The maximum Gasteiger partial charge on any atom is 0.338 e. The smallest absolute Gasteiger partial charge is 0.338 e. The van der Waals surface area contributed by atoms with Crippen molar-refractivity contribution in [2.24, 2.45) is 0 Å². The van der Waals surface area contributed by atoms with Gasteiger partial charge in [0, 0.05) is 22.6 Å². The Morgan fingerprint density at radius 3 is 2.42 bits per heavy atom. The molecular weight excluding hydrogens is 330 g/mol. The summed E-state index contributed by atoms with van der Waals surface area (Å²) >= 11 is 5.62. The molecule has 0 radical (unpaired) electrons. The first kappa shape index (κ1) is 18.5. The summed E-state index contributed by atoms with van der Waals surface area (Å²) in [5, 5.41) is 20.0. The average Bonchev–Trinajstić information content (AvgIpc) is 2.88. The van der Waals surface area contributed by atoms with Crippen LogP contribution in [0.5, 0.6) is 0 Å². The maximum absolute atomic E-state index is 11.7. The third kappa shape index (κ3) is 3.64. The van der Waals surface area contributed by atoms with E-state index in [-0.39, 0.29) is 11.8 Å². The van der Waals surface area contributed by atoms with E-state index in [1.807, 2.05) is 36.6 Å². The van der Waals surface area contributed by atoms with Gasteiger partial charge in [-0.25, -0.2) is 4.79 Å². The number of benzene rings is 1. The van der Waals surface area contributed by atoms with Gasteiger partial charge >= 0.3 is 5.97 Å². The molecule has 2 N–H and O–H groups in total. The minimum absolute atomic E-state index is 0.0426.